The molecule has 40 heavy (non-hydrogen) atoms. The standard InChI is InChI=1S/C31H32N4O4S/c1-22-19-25(9-10-26(22)31(36)35-11-15-39-16-12-35)29-20-32-28-4-2-3-27(30(28)33-29)24-7-5-23(6-8-24)21-34-13-17-40(37,38)18-14-34/h2-10,19-20H,11-18,21H2,1H3. The Balaban J connectivity index is 1.25. The van der Waals surface area contributed by atoms with Gasteiger partial charge in [-0.15, -0.1) is 0 Å². The predicted molar refractivity (Wildman–Crippen MR) is 156 cm³/mol. The predicted octanol–water partition coefficient (Wildman–Crippen LogP) is 3.98. The molecule has 1 amide bonds. The largest absolute Gasteiger partial charge is 0.378 e. The molecule has 0 aliphatic carbocycles. The molecule has 1 aromatic heterocycles. The molecule has 0 bridgehead atoms. The lowest BCUT2D eigenvalue weighted by atomic mass is 10.0. The summed E-state index contributed by atoms with van der Waals surface area (Å²) >= 11 is 0. The van der Waals surface area contributed by atoms with E-state index in [0.29, 0.717) is 45.0 Å². The van der Waals surface area contributed by atoms with Crippen molar-refractivity contribution in [3.8, 4) is 22.4 Å². The fraction of sp³-hybridized carbons (Fsp3) is 0.323. The molecule has 9 heteroatoms. The number of morpholine rings is 1. The van der Waals surface area contributed by atoms with Crippen LogP contribution >= 0.6 is 0 Å². The van der Waals surface area contributed by atoms with Crippen molar-refractivity contribution >= 4 is 26.8 Å². The molecule has 6 rings (SSSR count). The minimum atomic E-state index is -2.88. The van der Waals surface area contributed by atoms with Crippen LogP contribution in [-0.2, 0) is 21.1 Å². The highest BCUT2D eigenvalue weighted by molar-refractivity contribution is 7.91. The number of ether oxygens (including phenoxy) is 1. The molecule has 0 spiro atoms. The molecule has 2 saturated heterocycles. The summed E-state index contributed by atoms with van der Waals surface area (Å²) < 4.78 is 28.8. The first-order valence-electron chi connectivity index (χ1n) is 13.6. The molecule has 0 atom stereocenters. The van der Waals surface area contributed by atoms with Crippen LogP contribution in [-0.4, -0.2) is 85.0 Å². The summed E-state index contributed by atoms with van der Waals surface area (Å²) in [7, 11) is -2.88. The first-order chi connectivity index (χ1) is 19.4. The molecule has 2 aliphatic rings. The number of hydrogen-bond donors (Lipinski definition) is 0. The van der Waals surface area contributed by atoms with E-state index in [1.165, 1.54) is 0 Å². The van der Waals surface area contributed by atoms with Crippen molar-refractivity contribution in [1.82, 2.24) is 19.8 Å². The molecule has 3 aromatic carbocycles. The zero-order valence-corrected chi connectivity index (χ0v) is 23.4. The summed E-state index contributed by atoms with van der Waals surface area (Å²) in [5.74, 6) is 0.497. The van der Waals surface area contributed by atoms with Crippen LogP contribution in [0.4, 0.5) is 0 Å². The van der Waals surface area contributed by atoms with Crippen LogP contribution in [0.1, 0.15) is 21.5 Å². The van der Waals surface area contributed by atoms with Crippen LogP contribution in [0.5, 0.6) is 0 Å². The summed E-state index contributed by atoms with van der Waals surface area (Å²) in [6.45, 7) is 6.23. The highest BCUT2D eigenvalue weighted by Gasteiger charge is 2.22. The lowest BCUT2D eigenvalue weighted by molar-refractivity contribution is 0.0302. The average Bonchev–Trinajstić information content (AvgIpc) is 2.98. The fourth-order valence-corrected chi connectivity index (χ4v) is 6.64. The summed E-state index contributed by atoms with van der Waals surface area (Å²) in [6.07, 6.45) is 1.78. The molecule has 4 aromatic rings. The van der Waals surface area contributed by atoms with Gasteiger partial charge in [-0.2, -0.15) is 0 Å². The van der Waals surface area contributed by atoms with Crippen LogP contribution in [0.2, 0.25) is 0 Å². The minimum Gasteiger partial charge on any atom is -0.378 e. The molecular formula is C31H32N4O4S. The summed E-state index contributed by atoms with van der Waals surface area (Å²) in [5, 5.41) is 0. The third kappa shape index (κ3) is 5.63. The van der Waals surface area contributed by atoms with Gasteiger partial charge in [0.05, 0.1) is 47.6 Å². The smallest absolute Gasteiger partial charge is 0.254 e. The highest BCUT2D eigenvalue weighted by Crippen LogP contribution is 2.30. The van der Waals surface area contributed by atoms with Gasteiger partial charge < -0.3 is 9.64 Å². The second-order valence-corrected chi connectivity index (χ2v) is 12.8. The monoisotopic (exact) mass is 556 g/mol. The van der Waals surface area contributed by atoms with Gasteiger partial charge in [0, 0.05) is 49.4 Å². The van der Waals surface area contributed by atoms with E-state index < -0.39 is 9.84 Å². The van der Waals surface area contributed by atoms with E-state index in [-0.39, 0.29) is 17.4 Å². The molecule has 0 radical (unpaired) electrons. The zero-order valence-electron chi connectivity index (χ0n) is 22.5. The van der Waals surface area contributed by atoms with Gasteiger partial charge >= 0.3 is 0 Å². The Bertz CT molecular complexity index is 1650. The van der Waals surface area contributed by atoms with E-state index >= 15 is 0 Å². The molecule has 2 fully saturated rings. The van der Waals surface area contributed by atoms with Gasteiger partial charge in [-0.25, -0.2) is 13.4 Å². The van der Waals surface area contributed by atoms with Gasteiger partial charge in [0.1, 0.15) is 0 Å². The Morgan fingerprint density at radius 3 is 2.38 bits per heavy atom. The molecule has 3 heterocycles. The maximum atomic E-state index is 13.0. The number of aryl methyl sites for hydroxylation is 1. The number of nitrogens with zero attached hydrogens (tertiary/aromatic N) is 4. The molecule has 2 aliphatic heterocycles. The van der Waals surface area contributed by atoms with Crippen molar-refractivity contribution in [2.75, 3.05) is 50.9 Å². The van der Waals surface area contributed by atoms with Crippen molar-refractivity contribution in [2.45, 2.75) is 13.5 Å². The van der Waals surface area contributed by atoms with Gasteiger partial charge in [-0.3, -0.25) is 14.7 Å². The topological polar surface area (TPSA) is 92.7 Å². The Hall–Kier alpha value is -3.66. The number of benzene rings is 3. The quantitative estimate of drug-likeness (QED) is 0.367. The Kier molecular flexibility index (Phi) is 7.35. The Labute approximate surface area is 234 Å². The number of hydrogen-bond acceptors (Lipinski definition) is 7. The number of para-hydroxylation sites is 1. The molecule has 8 nitrogen and oxygen atoms in total. The van der Waals surface area contributed by atoms with Crippen LogP contribution in [0.15, 0.2) is 66.9 Å². The third-order valence-corrected chi connectivity index (χ3v) is 9.34. The van der Waals surface area contributed by atoms with Crippen molar-refractivity contribution in [1.29, 1.82) is 0 Å². The second kappa shape index (κ2) is 11.1. The van der Waals surface area contributed by atoms with Crippen LogP contribution < -0.4 is 0 Å². The maximum absolute atomic E-state index is 13.0. The van der Waals surface area contributed by atoms with Crippen LogP contribution in [0.25, 0.3) is 33.4 Å². The molecule has 0 N–H and O–H groups in total. The number of rotatable bonds is 5. The lowest BCUT2D eigenvalue weighted by Gasteiger charge is -2.27. The Morgan fingerprint density at radius 1 is 0.925 bits per heavy atom. The highest BCUT2D eigenvalue weighted by atomic mass is 32.2. The summed E-state index contributed by atoms with van der Waals surface area (Å²) in [5.41, 5.74) is 8.11. The van der Waals surface area contributed by atoms with E-state index in [0.717, 1.165) is 51.1 Å². The average molecular weight is 557 g/mol. The van der Waals surface area contributed by atoms with Crippen LogP contribution in [0, 0.1) is 6.92 Å². The number of carbonyl (C=O) groups excluding carboxylic acids is 1. The SMILES string of the molecule is Cc1cc(-c2cnc3cccc(-c4ccc(CN5CCS(=O)(=O)CC5)cc4)c3n2)ccc1C(=O)N1CCOCC1. The van der Waals surface area contributed by atoms with Crippen molar-refractivity contribution in [2.24, 2.45) is 0 Å². The molecular weight excluding hydrogens is 524 g/mol. The third-order valence-electron chi connectivity index (χ3n) is 7.73. The first-order valence-corrected chi connectivity index (χ1v) is 15.4. The van der Waals surface area contributed by atoms with E-state index in [2.05, 4.69) is 35.2 Å². The van der Waals surface area contributed by atoms with E-state index in [1.807, 2.05) is 42.2 Å². The number of aromatic nitrogens is 2. The Morgan fingerprint density at radius 2 is 1.65 bits per heavy atom. The van der Waals surface area contributed by atoms with Gasteiger partial charge in [-0.1, -0.05) is 42.5 Å². The van der Waals surface area contributed by atoms with Crippen molar-refractivity contribution in [3.05, 3.63) is 83.6 Å². The van der Waals surface area contributed by atoms with E-state index in [9.17, 15) is 13.2 Å². The molecule has 0 saturated carbocycles. The number of fused-ring (bicyclic) bond motifs is 1. The van der Waals surface area contributed by atoms with E-state index in [1.54, 1.807) is 6.20 Å². The van der Waals surface area contributed by atoms with Gasteiger partial charge in [0.15, 0.2) is 9.84 Å². The first kappa shape index (κ1) is 26.6. The normalized spacial score (nSPS) is 17.7. The second-order valence-electron chi connectivity index (χ2n) is 10.5. The van der Waals surface area contributed by atoms with Crippen molar-refractivity contribution in [3.63, 3.8) is 0 Å². The van der Waals surface area contributed by atoms with E-state index in [4.69, 9.17) is 14.7 Å². The maximum Gasteiger partial charge on any atom is 0.254 e. The molecule has 0 unspecified atom stereocenters. The lowest BCUT2D eigenvalue weighted by Crippen LogP contribution is -2.40. The molecule has 206 valence electrons. The minimum absolute atomic E-state index is 0.0352. The summed E-state index contributed by atoms with van der Waals surface area (Å²) in [6, 6.07) is 20.2. The van der Waals surface area contributed by atoms with Gasteiger partial charge in [0.2, 0.25) is 0 Å². The number of amides is 1. The number of carbonyl (C=O) groups is 1. The fourth-order valence-electron chi connectivity index (χ4n) is 5.36. The van der Waals surface area contributed by atoms with Crippen molar-refractivity contribution < 1.29 is 17.9 Å². The van der Waals surface area contributed by atoms with Gasteiger partial charge in [0.25, 0.3) is 5.91 Å². The zero-order chi connectivity index (χ0) is 27.7. The summed E-state index contributed by atoms with van der Waals surface area (Å²) in [4.78, 5) is 26.8. The number of sulfone groups is 1. The van der Waals surface area contributed by atoms with Gasteiger partial charge in [-0.05, 0) is 41.8 Å². The van der Waals surface area contributed by atoms with Crippen LogP contribution in [0.3, 0.4) is 0 Å².